The average molecular weight is 327 g/mol. The number of carbonyl (C=O) groups excluding carboxylic acids is 1. The second-order valence-electron chi connectivity index (χ2n) is 5.40. The largest absolute Gasteiger partial charge is 0.479 e. The van der Waals surface area contributed by atoms with Crippen molar-refractivity contribution in [2.75, 3.05) is 19.5 Å². The Hall–Kier alpha value is -1.93. The van der Waals surface area contributed by atoms with Crippen LogP contribution in [0.3, 0.4) is 0 Å². The number of rotatable bonds is 4. The zero-order valence-electron chi connectivity index (χ0n) is 12.3. The molecule has 2 N–H and O–H groups in total. The van der Waals surface area contributed by atoms with Gasteiger partial charge in [0.1, 0.15) is 0 Å². The Balaban J connectivity index is 2.33. The van der Waals surface area contributed by atoms with Crippen molar-refractivity contribution in [2.45, 2.75) is 23.8 Å². The van der Waals surface area contributed by atoms with Crippen LogP contribution < -0.4 is 5.32 Å². The van der Waals surface area contributed by atoms with E-state index in [0.29, 0.717) is 5.56 Å². The first-order chi connectivity index (χ1) is 10.2. The molecule has 120 valence electrons. The van der Waals surface area contributed by atoms with E-state index >= 15 is 0 Å². The highest BCUT2D eigenvalue weighted by molar-refractivity contribution is 7.90. The van der Waals surface area contributed by atoms with Gasteiger partial charge in [-0.05, 0) is 24.6 Å². The highest BCUT2D eigenvalue weighted by atomic mass is 32.2. The second-order valence-corrected chi connectivity index (χ2v) is 7.38. The van der Waals surface area contributed by atoms with Gasteiger partial charge in [-0.1, -0.05) is 6.07 Å². The second kappa shape index (κ2) is 5.69. The predicted octanol–water partition coefficient (Wildman–Crippen LogP) is 0.372. The van der Waals surface area contributed by atoms with Crippen LogP contribution >= 0.6 is 0 Å². The lowest BCUT2D eigenvalue weighted by Crippen LogP contribution is -2.55. The van der Waals surface area contributed by atoms with Crippen LogP contribution in [0.25, 0.3) is 0 Å². The van der Waals surface area contributed by atoms with E-state index in [-0.39, 0.29) is 30.1 Å². The van der Waals surface area contributed by atoms with E-state index in [1.807, 2.05) is 0 Å². The molecule has 2 rings (SSSR count). The summed E-state index contributed by atoms with van der Waals surface area (Å²) >= 11 is 0. The molecule has 1 aliphatic rings. The van der Waals surface area contributed by atoms with Crippen molar-refractivity contribution in [1.82, 2.24) is 5.32 Å². The van der Waals surface area contributed by atoms with E-state index in [0.717, 1.165) is 6.26 Å². The predicted molar refractivity (Wildman–Crippen MR) is 77.6 cm³/mol. The van der Waals surface area contributed by atoms with Crippen molar-refractivity contribution in [1.29, 1.82) is 0 Å². The lowest BCUT2D eigenvalue weighted by molar-refractivity contribution is -0.144. The van der Waals surface area contributed by atoms with Gasteiger partial charge in [-0.3, -0.25) is 4.79 Å². The van der Waals surface area contributed by atoms with Crippen molar-refractivity contribution < 1.29 is 27.9 Å². The molecule has 1 aliphatic heterocycles. The van der Waals surface area contributed by atoms with E-state index in [4.69, 9.17) is 4.74 Å². The monoisotopic (exact) mass is 327 g/mol. The Morgan fingerprint density at radius 2 is 2.05 bits per heavy atom. The molecule has 8 heteroatoms. The first kappa shape index (κ1) is 16.4. The fourth-order valence-corrected chi connectivity index (χ4v) is 3.31. The summed E-state index contributed by atoms with van der Waals surface area (Å²) in [7, 11) is -3.47. The van der Waals surface area contributed by atoms with Crippen molar-refractivity contribution >= 4 is 21.7 Å². The van der Waals surface area contributed by atoms with Gasteiger partial charge in [-0.2, -0.15) is 0 Å². The number of ether oxygens (including phenoxy) is 1. The van der Waals surface area contributed by atoms with Gasteiger partial charge in [-0.25, -0.2) is 13.2 Å². The number of hydrogen-bond donors (Lipinski definition) is 2. The van der Waals surface area contributed by atoms with Gasteiger partial charge in [0.2, 0.25) is 0 Å². The van der Waals surface area contributed by atoms with Gasteiger partial charge < -0.3 is 15.2 Å². The van der Waals surface area contributed by atoms with E-state index in [1.165, 1.54) is 18.2 Å². The fourth-order valence-electron chi connectivity index (χ4n) is 2.32. The van der Waals surface area contributed by atoms with Gasteiger partial charge in [0.15, 0.2) is 15.4 Å². The average Bonchev–Trinajstić information content (AvgIpc) is 2.87. The third kappa shape index (κ3) is 3.12. The summed E-state index contributed by atoms with van der Waals surface area (Å²) in [5.74, 6) is -1.81. The van der Waals surface area contributed by atoms with Crippen molar-refractivity contribution in [3.8, 4) is 0 Å². The van der Waals surface area contributed by atoms with Crippen LogP contribution in [0, 0.1) is 6.92 Å². The number of hydrogen-bond acceptors (Lipinski definition) is 5. The maximum absolute atomic E-state index is 12.3. The third-order valence-electron chi connectivity index (χ3n) is 3.63. The summed E-state index contributed by atoms with van der Waals surface area (Å²) in [5.41, 5.74) is -0.845. The van der Waals surface area contributed by atoms with E-state index in [1.54, 1.807) is 6.92 Å². The third-order valence-corrected chi connectivity index (χ3v) is 4.87. The zero-order chi connectivity index (χ0) is 16.5. The molecular formula is C14H17NO6S. The smallest absolute Gasteiger partial charge is 0.331 e. The van der Waals surface area contributed by atoms with Crippen molar-refractivity contribution in [2.24, 2.45) is 0 Å². The number of aryl methyl sites for hydroxylation is 1. The molecule has 0 aliphatic carbocycles. The molecule has 1 aromatic rings. The number of carboxylic acid groups (broad SMARTS) is 1. The van der Waals surface area contributed by atoms with E-state index < -0.39 is 27.3 Å². The number of sulfone groups is 1. The topological polar surface area (TPSA) is 110 Å². The van der Waals surface area contributed by atoms with Crippen LogP contribution in [0.15, 0.2) is 23.1 Å². The van der Waals surface area contributed by atoms with Crippen molar-refractivity contribution in [3.63, 3.8) is 0 Å². The molecule has 0 bridgehead atoms. The van der Waals surface area contributed by atoms with Crippen LogP contribution in [0.1, 0.15) is 22.3 Å². The van der Waals surface area contributed by atoms with Crippen LogP contribution in [0.4, 0.5) is 0 Å². The molecular weight excluding hydrogens is 310 g/mol. The lowest BCUT2D eigenvalue weighted by atomic mass is 9.98. The van der Waals surface area contributed by atoms with Crippen LogP contribution in [-0.4, -0.2) is 50.4 Å². The molecule has 22 heavy (non-hydrogen) atoms. The molecule has 0 saturated carbocycles. The summed E-state index contributed by atoms with van der Waals surface area (Å²) < 4.78 is 28.5. The van der Waals surface area contributed by atoms with E-state index in [9.17, 15) is 23.1 Å². The zero-order valence-corrected chi connectivity index (χ0v) is 13.1. The van der Waals surface area contributed by atoms with Gasteiger partial charge in [0, 0.05) is 24.8 Å². The van der Waals surface area contributed by atoms with Gasteiger partial charge >= 0.3 is 5.97 Å². The minimum atomic E-state index is -3.47. The van der Waals surface area contributed by atoms with Gasteiger partial charge in [0.05, 0.1) is 11.5 Å². The number of carboxylic acids is 1. The van der Waals surface area contributed by atoms with Gasteiger partial charge in [-0.15, -0.1) is 0 Å². The number of amides is 1. The summed E-state index contributed by atoms with van der Waals surface area (Å²) in [5, 5.41) is 11.7. The maximum Gasteiger partial charge on any atom is 0.331 e. The Bertz CT molecular complexity index is 719. The fraction of sp³-hybridized carbons (Fsp3) is 0.429. The molecule has 7 nitrogen and oxygen atoms in total. The number of aliphatic carboxylic acids is 1. The van der Waals surface area contributed by atoms with Crippen LogP contribution in [-0.2, 0) is 19.4 Å². The Labute approximate surface area is 128 Å². The summed E-state index contributed by atoms with van der Waals surface area (Å²) in [4.78, 5) is 23.7. The first-order valence-corrected chi connectivity index (χ1v) is 8.49. The summed E-state index contributed by atoms with van der Waals surface area (Å²) in [6, 6.07) is 4.24. The molecule has 1 amide bonds. The van der Waals surface area contributed by atoms with Crippen LogP contribution in [0.2, 0.25) is 0 Å². The maximum atomic E-state index is 12.3. The minimum Gasteiger partial charge on any atom is -0.479 e. The Kier molecular flexibility index (Phi) is 4.25. The standard InChI is InChI=1S/C14H17NO6S/c1-9-3-4-10(7-11(9)22(2,19)20)12(16)15-14(13(17)18)5-6-21-8-14/h3-4,7H,5-6,8H2,1-2H3,(H,15,16)(H,17,18). The Morgan fingerprint density at radius 1 is 1.36 bits per heavy atom. The molecule has 1 atom stereocenters. The molecule has 1 saturated heterocycles. The molecule has 1 unspecified atom stereocenters. The first-order valence-electron chi connectivity index (χ1n) is 6.60. The number of nitrogens with one attached hydrogen (secondary N) is 1. The molecule has 0 spiro atoms. The highest BCUT2D eigenvalue weighted by Crippen LogP contribution is 2.21. The lowest BCUT2D eigenvalue weighted by Gasteiger charge is -2.23. The molecule has 0 radical (unpaired) electrons. The van der Waals surface area contributed by atoms with Gasteiger partial charge in [0.25, 0.3) is 5.91 Å². The molecule has 1 heterocycles. The summed E-state index contributed by atoms with van der Waals surface area (Å²) in [6.45, 7) is 1.76. The quantitative estimate of drug-likeness (QED) is 0.827. The van der Waals surface area contributed by atoms with E-state index in [2.05, 4.69) is 5.32 Å². The number of carbonyl (C=O) groups is 2. The normalized spacial score (nSPS) is 21.5. The Morgan fingerprint density at radius 3 is 2.55 bits per heavy atom. The minimum absolute atomic E-state index is 0.0483. The highest BCUT2D eigenvalue weighted by Gasteiger charge is 2.44. The van der Waals surface area contributed by atoms with Crippen molar-refractivity contribution in [3.05, 3.63) is 29.3 Å². The number of benzene rings is 1. The van der Waals surface area contributed by atoms with Crippen LogP contribution in [0.5, 0.6) is 0 Å². The molecule has 0 aromatic heterocycles. The summed E-state index contributed by atoms with van der Waals surface area (Å²) in [6.07, 6.45) is 1.22. The SMILES string of the molecule is Cc1ccc(C(=O)NC2(C(=O)O)CCOC2)cc1S(C)(=O)=O. The molecule has 1 fully saturated rings. The molecule has 1 aromatic carbocycles.